The lowest BCUT2D eigenvalue weighted by Gasteiger charge is -2.11. The Morgan fingerprint density at radius 3 is 2.56 bits per heavy atom. The number of aryl methyl sites for hydroxylation is 1. The molecule has 0 aliphatic carbocycles. The molecule has 1 aromatic rings. The molecule has 0 aliphatic heterocycles. The fourth-order valence-corrected chi connectivity index (χ4v) is 1.48. The van der Waals surface area contributed by atoms with Gasteiger partial charge in [0.15, 0.2) is 0 Å². The van der Waals surface area contributed by atoms with Crippen LogP contribution >= 0.6 is 0 Å². The predicted octanol–water partition coefficient (Wildman–Crippen LogP) is 3.02. The summed E-state index contributed by atoms with van der Waals surface area (Å²) in [5.41, 5.74) is 0. The summed E-state index contributed by atoms with van der Waals surface area (Å²) in [4.78, 5) is 0. The molecule has 1 aromatic heterocycles. The van der Waals surface area contributed by atoms with Crippen LogP contribution in [0.2, 0.25) is 0 Å². The fraction of sp³-hybridized carbons (Fsp3) is 0.818. The zero-order chi connectivity index (χ0) is 13.6. The highest BCUT2D eigenvalue weighted by Crippen LogP contribution is 2.22. The number of nitrogens with one attached hydrogen (secondary N) is 1. The van der Waals surface area contributed by atoms with Crippen molar-refractivity contribution in [3.8, 4) is 0 Å². The van der Waals surface area contributed by atoms with Crippen LogP contribution in [0.4, 0.5) is 13.2 Å². The molecule has 0 radical (unpaired) electrons. The lowest BCUT2D eigenvalue weighted by Crippen LogP contribution is -2.21. The van der Waals surface area contributed by atoms with Crippen molar-refractivity contribution in [3.63, 3.8) is 0 Å². The molecule has 18 heavy (non-hydrogen) atoms. The summed E-state index contributed by atoms with van der Waals surface area (Å²) < 4.78 is 41.4. The second kappa shape index (κ2) is 6.72. The van der Waals surface area contributed by atoms with E-state index in [0.717, 1.165) is 19.4 Å². The van der Waals surface area contributed by atoms with Gasteiger partial charge in [-0.05, 0) is 19.4 Å². The van der Waals surface area contributed by atoms with Gasteiger partial charge in [-0.1, -0.05) is 13.8 Å². The van der Waals surface area contributed by atoms with Gasteiger partial charge in [0.05, 0.1) is 12.5 Å². The maximum Gasteiger partial charge on any atom is 0.389 e. The number of nitrogens with zero attached hydrogens (tertiary/aromatic N) is 2. The minimum atomic E-state index is -4.20. The van der Waals surface area contributed by atoms with Crippen molar-refractivity contribution in [3.05, 3.63) is 11.8 Å². The standard InChI is InChI=1S/C11H18F3N3O/c1-3-7-15-8(4-2)10-17-16-9(18-10)5-6-11(12,13)14/h8,15H,3-7H2,1-2H3. The number of alkyl halides is 3. The van der Waals surface area contributed by atoms with E-state index in [2.05, 4.69) is 15.5 Å². The number of hydrogen-bond donors (Lipinski definition) is 1. The molecule has 0 bridgehead atoms. The third-order valence-electron chi connectivity index (χ3n) is 2.45. The SMILES string of the molecule is CCCNC(CC)c1nnc(CCC(F)(F)F)o1. The highest BCUT2D eigenvalue weighted by Gasteiger charge is 2.28. The lowest BCUT2D eigenvalue weighted by molar-refractivity contribution is -0.134. The maximum atomic E-state index is 12.0. The van der Waals surface area contributed by atoms with Crippen LogP contribution < -0.4 is 5.32 Å². The molecule has 7 heteroatoms. The number of aromatic nitrogens is 2. The molecular weight excluding hydrogens is 247 g/mol. The summed E-state index contributed by atoms with van der Waals surface area (Å²) in [5, 5.41) is 10.6. The van der Waals surface area contributed by atoms with Gasteiger partial charge in [0, 0.05) is 6.42 Å². The van der Waals surface area contributed by atoms with Crippen LogP contribution in [0.25, 0.3) is 0 Å². The first kappa shape index (κ1) is 14.9. The van der Waals surface area contributed by atoms with Crippen molar-refractivity contribution in [2.75, 3.05) is 6.54 Å². The van der Waals surface area contributed by atoms with Gasteiger partial charge in [0.2, 0.25) is 11.8 Å². The van der Waals surface area contributed by atoms with Crippen molar-refractivity contribution in [1.82, 2.24) is 15.5 Å². The highest BCUT2D eigenvalue weighted by atomic mass is 19.4. The molecule has 1 heterocycles. The van der Waals surface area contributed by atoms with Gasteiger partial charge >= 0.3 is 6.18 Å². The summed E-state index contributed by atoms with van der Waals surface area (Å²) in [6.45, 7) is 4.79. The van der Waals surface area contributed by atoms with E-state index in [4.69, 9.17) is 4.42 Å². The van der Waals surface area contributed by atoms with Crippen LogP contribution in [0.15, 0.2) is 4.42 Å². The van der Waals surface area contributed by atoms with Crippen LogP contribution in [-0.4, -0.2) is 22.9 Å². The molecule has 1 rings (SSSR count). The van der Waals surface area contributed by atoms with E-state index in [-0.39, 0.29) is 18.4 Å². The molecule has 0 spiro atoms. The third-order valence-corrected chi connectivity index (χ3v) is 2.45. The molecule has 1 N–H and O–H groups in total. The van der Waals surface area contributed by atoms with Crippen LogP contribution in [0.3, 0.4) is 0 Å². The van der Waals surface area contributed by atoms with Crippen LogP contribution in [0.5, 0.6) is 0 Å². The summed E-state index contributed by atoms with van der Waals surface area (Å²) >= 11 is 0. The molecule has 0 aliphatic rings. The largest absolute Gasteiger partial charge is 0.424 e. The zero-order valence-corrected chi connectivity index (χ0v) is 10.5. The van der Waals surface area contributed by atoms with Gasteiger partial charge in [-0.2, -0.15) is 13.2 Å². The van der Waals surface area contributed by atoms with Gasteiger partial charge in [-0.3, -0.25) is 0 Å². The van der Waals surface area contributed by atoms with E-state index < -0.39 is 12.6 Å². The fourth-order valence-electron chi connectivity index (χ4n) is 1.48. The number of halogens is 3. The lowest BCUT2D eigenvalue weighted by atomic mass is 10.2. The average Bonchev–Trinajstić information content (AvgIpc) is 2.75. The van der Waals surface area contributed by atoms with E-state index in [9.17, 15) is 13.2 Å². The Hall–Kier alpha value is -1.11. The Morgan fingerprint density at radius 2 is 2.00 bits per heavy atom. The molecule has 1 unspecified atom stereocenters. The monoisotopic (exact) mass is 265 g/mol. The Kier molecular flexibility index (Phi) is 5.58. The van der Waals surface area contributed by atoms with Gasteiger partial charge in [-0.25, -0.2) is 0 Å². The molecule has 0 amide bonds. The van der Waals surface area contributed by atoms with E-state index in [1.165, 1.54) is 0 Å². The third kappa shape index (κ3) is 5.03. The van der Waals surface area contributed by atoms with E-state index in [0.29, 0.717) is 5.89 Å². The molecule has 0 saturated carbocycles. The minimum absolute atomic E-state index is 0.0408. The molecule has 1 atom stereocenters. The van der Waals surface area contributed by atoms with Crippen molar-refractivity contribution in [2.45, 2.75) is 51.7 Å². The molecular formula is C11H18F3N3O. The molecule has 4 nitrogen and oxygen atoms in total. The van der Waals surface area contributed by atoms with Crippen molar-refractivity contribution in [2.24, 2.45) is 0 Å². The molecule has 104 valence electrons. The topological polar surface area (TPSA) is 51.0 Å². The maximum absolute atomic E-state index is 12.0. The Morgan fingerprint density at radius 1 is 1.28 bits per heavy atom. The van der Waals surface area contributed by atoms with Gasteiger partial charge in [0.25, 0.3) is 0 Å². The van der Waals surface area contributed by atoms with E-state index in [1.54, 1.807) is 0 Å². The highest BCUT2D eigenvalue weighted by molar-refractivity contribution is 4.90. The number of rotatable bonds is 7. The normalized spacial score (nSPS) is 13.8. The van der Waals surface area contributed by atoms with E-state index >= 15 is 0 Å². The van der Waals surface area contributed by atoms with Crippen LogP contribution in [-0.2, 0) is 6.42 Å². The Labute approximate surface area is 104 Å². The first-order valence-corrected chi connectivity index (χ1v) is 6.08. The van der Waals surface area contributed by atoms with E-state index in [1.807, 2.05) is 13.8 Å². The average molecular weight is 265 g/mol. The Bertz CT molecular complexity index is 352. The molecule has 0 fully saturated rings. The zero-order valence-electron chi connectivity index (χ0n) is 10.5. The van der Waals surface area contributed by atoms with Gasteiger partial charge in [0.1, 0.15) is 0 Å². The van der Waals surface area contributed by atoms with Crippen molar-refractivity contribution >= 4 is 0 Å². The van der Waals surface area contributed by atoms with Crippen LogP contribution in [0.1, 0.15) is 50.9 Å². The minimum Gasteiger partial charge on any atom is -0.424 e. The van der Waals surface area contributed by atoms with Gasteiger partial charge < -0.3 is 9.73 Å². The smallest absolute Gasteiger partial charge is 0.389 e. The quantitative estimate of drug-likeness (QED) is 0.823. The summed E-state index contributed by atoms with van der Waals surface area (Å²) in [5.74, 6) is 0.405. The van der Waals surface area contributed by atoms with Crippen molar-refractivity contribution in [1.29, 1.82) is 0 Å². The summed E-state index contributed by atoms with van der Waals surface area (Å²) in [6.07, 6.45) is -3.68. The second-order valence-corrected chi connectivity index (χ2v) is 4.06. The van der Waals surface area contributed by atoms with Crippen molar-refractivity contribution < 1.29 is 17.6 Å². The summed E-state index contributed by atoms with van der Waals surface area (Å²) in [6, 6.07) is -0.0860. The predicted molar refractivity (Wildman–Crippen MR) is 60.0 cm³/mol. The number of hydrogen-bond acceptors (Lipinski definition) is 4. The first-order valence-electron chi connectivity index (χ1n) is 6.08. The first-order chi connectivity index (χ1) is 8.46. The summed E-state index contributed by atoms with van der Waals surface area (Å²) in [7, 11) is 0. The van der Waals surface area contributed by atoms with Crippen LogP contribution in [0, 0.1) is 0 Å². The molecule has 0 saturated heterocycles. The second-order valence-electron chi connectivity index (χ2n) is 4.06. The molecule has 0 aromatic carbocycles. The Balaban J connectivity index is 2.55. The van der Waals surface area contributed by atoms with Gasteiger partial charge in [-0.15, -0.1) is 10.2 Å².